The molecule has 3 aromatic carbocycles. The number of aliphatic imine (C=N–C) groups is 2. The summed E-state index contributed by atoms with van der Waals surface area (Å²) in [7, 11) is 6.38. The second-order valence-electron chi connectivity index (χ2n) is 14.8. The minimum atomic E-state index is 0.618. The van der Waals surface area contributed by atoms with Gasteiger partial charge in [-0.1, -0.05) is 66.7 Å². The molecule has 2 aliphatic rings. The molecule has 3 heterocycles. The van der Waals surface area contributed by atoms with Gasteiger partial charge in [-0.15, -0.1) is 0 Å². The molecule has 2 fully saturated rings. The van der Waals surface area contributed by atoms with Crippen LogP contribution in [0.2, 0.25) is 0 Å². The molecule has 10 heteroatoms. The Labute approximate surface area is 323 Å². The van der Waals surface area contributed by atoms with E-state index < -0.39 is 0 Å². The highest BCUT2D eigenvalue weighted by molar-refractivity contribution is 5.83. The first-order valence-corrected chi connectivity index (χ1v) is 19.9. The number of rotatable bonds is 18. The Hall–Kier alpha value is -4.32. The van der Waals surface area contributed by atoms with Crippen molar-refractivity contribution in [3.8, 4) is 22.6 Å². The quantitative estimate of drug-likeness (QED) is 0.0931. The lowest BCUT2D eigenvalue weighted by atomic mass is 10.0. The predicted octanol–water partition coefficient (Wildman–Crippen LogP) is 6.17. The van der Waals surface area contributed by atoms with Gasteiger partial charge in [-0.25, -0.2) is 9.97 Å². The number of piperazine rings is 2. The standard InChI is InChI=1S/C44H60N10/c1-45-35-41-42(38-17-13-36(14-18-38)33-46-21-7-9-23-53-29-25-51(2)26-30-53)49-43(50-44(41)48-40-11-5-4-6-12-40)39-19-15-37(16-20-39)34-47-22-8-10-24-54-31-27-52(3)28-32-54/h4-6,11-20,33-34,45H,7-10,21-32,35H2,1-3H3,(H,48,49,50). The molecule has 2 N–H and O–H groups in total. The van der Waals surface area contributed by atoms with Crippen LogP contribution in [0.25, 0.3) is 22.6 Å². The fourth-order valence-corrected chi connectivity index (χ4v) is 6.96. The monoisotopic (exact) mass is 729 g/mol. The van der Waals surface area contributed by atoms with Gasteiger partial charge in [0.15, 0.2) is 5.82 Å². The Kier molecular flexibility index (Phi) is 15.3. The van der Waals surface area contributed by atoms with Crippen LogP contribution in [0, 0.1) is 0 Å². The van der Waals surface area contributed by atoms with Crippen molar-refractivity contribution in [1.29, 1.82) is 0 Å². The maximum atomic E-state index is 5.20. The highest BCUT2D eigenvalue weighted by atomic mass is 15.2. The first-order valence-electron chi connectivity index (χ1n) is 19.9. The van der Waals surface area contributed by atoms with Crippen molar-refractivity contribution in [2.24, 2.45) is 9.98 Å². The number of unbranched alkanes of at least 4 members (excludes halogenated alkanes) is 2. The molecule has 6 rings (SSSR count). The molecule has 286 valence electrons. The molecule has 1 aromatic heterocycles. The highest BCUT2D eigenvalue weighted by Gasteiger charge is 2.18. The maximum Gasteiger partial charge on any atom is 0.162 e. The predicted molar refractivity (Wildman–Crippen MR) is 227 cm³/mol. The zero-order valence-electron chi connectivity index (χ0n) is 32.8. The van der Waals surface area contributed by atoms with Crippen LogP contribution in [0.5, 0.6) is 0 Å². The number of nitrogens with zero attached hydrogens (tertiary/aromatic N) is 8. The summed E-state index contributed by atoms with van der Waals surface area (Å²) in [6, 6.07) is 27.2. The summed E-state index contributed by atoms with van der Waals surface area (Å²) in [5.41, 5.74) is 7.09. The molecule has 0 spiro atoms. The van der Waals surface area contributed by atoms with Gasteiger partial charge in [-0.3, -0.25) is 9.98 Å². The zero-order chi connectivity index (χ0) is 37.4. The van der Waals surface area contributed by atoms with Crippen LogP contribution in [-0.2, 0) is 6.54 Å². The van der Waals surface area contributed by atoms with Gasteiger partial charge in [0, 0.05) is 107 Å². The topological polar surface area (TPSA) is 87.5 Å². The van der Waals surface area contributed by atoms with Crippen molar-refractivity contribution in [1.82, 2.24) is 34.9 Å². The van der Waals surface area contributed by atoms with Crippen molar-refractivity contribution in [2.75, 3.05) is 105 Å². The molecule has 0 bridgehead atoms. The normalized spacial score (nSPS) is 16.5. The van der Waals surface area contributed by atoms with Crippen LogP contribution in [0.4, 0.5) is 11.5 Å². The van der Waals surface area contributed by atoms with Gasteiger partial charge in [0.1, 0.15) is 5.82 Å². The third-order valence-corrected chi connectivity index (χ3v) is 10.4. The van der Waals surface area contributed by atoms with Crippen LogP contribution in [0.15, 0.2) is 88.8 Å². The Morgan fingerprint density at radius 1 is 0.611 bits per heavy atom. The lowest BCUT2D eigenvalue weighted by Crippen LogP contribution is -2.44. The van der Waals surface area contributed by atoms with Crippen molar-refractivity contribution in [3.05, 3.63) is 95.6 Å². The van der Waals surface area contributed by atoms with Crippen molar-refractivity contribution in [2.45, 2.75) is 32.2 Å². The largest absolute Gasteiger partial charge is 0.340 e. The smallest absolute Gasteiger partial charge is 0.162 e. The molecule has 2 saturated heterocycles. The summed E-state index contributed by atoms with van der Waals surface area (Å²) in [6.07, 6.45) is 8.60. The highest BCUT2D eigenvalue weighted by Crippen LogP contribution is 2.32. The number of anilines is 2. The molecule has 10 nitrogen and oxygen atoms in total. The molecule has 0 aliphatic carbocycles. The number of aromatic nitrogens is 2. The second-order valence-corrected chi connectivity index (χ2v) is 14.8. The maximum absolute atomic E-state index is 5.20. The summed E-state index contributed by atoms with van der Waals surface area (Å²) in [6.45, 7) is 14.1. The average Bonchev–Trinajstić information content (AvgIpc) is 3.20. The third-order valence-electron chi connectivity index (χ3n) is 10.4. The number of hydrogen-bond acceptors (Lipinski definition) is 10. The van der Waals surface area contributed by atoms with E-state index in [0.29, 0.717) is 12.4 Å². The average molecular weight is 729 g/mol. The Morgan fingerprint density at radius 3 is 1.65 bits per heavy atom. The molecule has 2 aliphatic heterocycles. The van der Waals surface area contributed by atoms with Crippen LogP contribution >= 0.6 is 0 Å². The first-order chi connectivity index (χ1) is 26.5. The van der Waals surface area contributed by atoms with E-state index in [1.54, 1.807) is 0 Å². The summed E-state index contributed by atoms with van der Waals surface area (Å²) in [5.74, 6) is 1.47. The summed E-state index contributed by atoms with van der Waals surface area (Å²) < 4.78 is 0. The third kappa shape index (κ3) is 12.1. The minimum absolute atomic E-state index is 0.618. The van der Waals surface area contributed by atoms with E-state index in [4.69, 9.17) is 20.0 Å². The Morgan fingerprint density at radius 2 is 1.13 bits per heavy atom. The van der Waals surface area contributed by atoms with Gasteiger partial charge < -0.3 is 30.2 Å². The summed E-state index contributed by atoms with van der Waals surface area (Å²) in [4.78, 5) is 29.7. The molecular weight excluding hydrogens is 669 g/mol. The molecule has 0 amide bonds. The fraction of sp³-hybridized carbons (Fsp3) is 0.455. The van der Waals surface area contributed by atoms with Gasteiger partial charge in [-0.2, -0.15) is 0 Å². The van der Waals surface area contributed by atoms with Crippen LogP contribution in [0.3, 0.4) is 0 Å². The SMILES string of the molecule is CNCc1c(Nc2ccccc2)nc(-c2ccc(C=NCCCCN3CCN(C)CC3)cc2)nc1-c1ccc(C=NCCCCN2CCN(C)CC2)cc1. The van der Waals surface area contributed by atoms with Crippen LogP contribution < -0.4 is 10.6 Å². The second kappa shape index (κ2) is 21.0. The van der Waals surface area contributed by atoms with Crippen LogP contribution in [0.1, 0.15) is 42.4 Å². The molecule has 4 aromatic rings. The number of likely N-dealkylation sites (N-methyl/N-ethyl adjacent to an activating group) is 2. The molecular formula is C44H60N10. The van der Waals surface area contributed by atoms with Gasteiger partial charge in [0.25, 0.3) is 0 Å². The van der Waals surface area contributed by atoms with E-state index in [1.165, 1.54) is 78.3 Å². The Balaban J connectivity index is 1.11. The minimum Gasteiger partial charge on any atom is -0.340 e. The zero-order valence-corrected chi connectivity index (χ0v) is 32.8. The number of benzene rings is 3. The molecule has 0 saturated carbocycles. The van der Waals surface area contributed by atoms with Crippen molar-refractivity contribution < 1.29 is 0 Å². The number of nitrogens with one attached hydrogen (secondary N) is 2. The van der Waals surface area contributed by atoms with Gasteiger partial charge >= 0.3 is 0 Å². The van der Waals surface area contributed by atoms with E-state index in [-0.39, 0.29) is 0 Å². The first kappa shape index (κ1) is 39.4. The lowest BCUT2D eigenvalue weighted by molar-refractivity contribution is 0.152. The molecule has 0 radical (unpaired) electrons. The molecule has 0 atom stereocenters. The van der Waals surface area contributed by atoms with Crippen molar-refractivity contribution in [3.63, 3.8) is 0 Å². The van der Waals surface area contributed by atoms with E-state index in [1.807, 2.05) is 37.7 Å². The van der Waals surface area contributed by atoms with Gasteiger partial charge in [0.2, 0.25) is 0 Å². The van der Waals surface area contributed by atoms with E-state index in [9.17, 15) is 0 Å². The van der Waals surface area contributed by atoms with E-state index in [0.717, 1.165) is 70.9 Å². The Bertz CT molecular complexity index is 1740. The summed E-state index contributed by atoms with van der Waals surface area (Å²) in [5, 5.41) is 6.94. The fourth-order valence-electron chi connectivity index (χ4n) is 6.96. The molecule has 0 unspecified atom stereocenters. The van der Waals surface area contributed by atoms with Crippen molar-refractivity contribution >= 4 is 23.9 Å². The lowest BCUT2D eigenvalue weighted by Gasteiger charge is -2.32. The van der Waals surface area contributed by atoms with Gasteiger partial charge in [-0.05, 0) is 83.2 Å². The van der Waals surface area contributed by atoms with Gasteiger partial charge in [0.05, 0.1) is 5.69 Å². The number of hydrogen-bond donors (Lipinski definition) is 2. The van der Waals surface area contributed by atoms with E-state index >= 15 is 0 Å². The number of para-hydroxylation sites is 1. The van der Waals surface area contributed by atoms with E-state index in [2.05, 4.69) is 105 Å². The molecule has 54 heavy (non-hydrogen) atoms. The van der Waals surface area contributed by atoms with Crippen LogP contribution in [-0.4, -0.2) is 142 Å². The summed E-state index contributed by atoms with van der Waals surface area (Å²) >= 11 is 0.